The number of nitrogens with zero attached hydrogens (tertiary/aromatic N) is 1. The Hall–Kier alpha value is -1.06. The summed E-state index contributed by atoms with van der Waals surface area (Å²) in [7, 11) is 0. The van der Waals surface area contributed by atoms with Gasteiger partial charge in [0.25, 0.3) is 0 Å². The molecule has 1 aromatic carbocycles. The van der Waals surface area contributed by atoms with Crippen LogP contribution in [0.3, 0.4) is 0 Å². The quantitative estimate of drug-likeness (QED) is 0.823. The predicted octanol–water partition coefficient (Wildman–Crippen LogP) is 4.71. The molecule has 0 saturated heterocycles. The van der Waals surface area contributed by atoms with Gasteiger partial charge >= 0.3 is 0 Å². The molecule has 0 aliphatic heterocycles. The molecule has 18 heavy (non-hydrogen) atoms. The van der Waals surface area contributed by atoms with Gasteiger partial charge < -0.3 is 5.32 Å². The highest BCUT2D eigenvalue weighted by Gasteiger charge is 2.07. The van der Waals surface area contributed by atoms with E-state index in [-0.39, 0.29) is 0 Å². The average Bonchev–Trinajstić information content (AvgIpc) is 2.40. The van der Waals surface area contributed by atoms with Crippen LogP contribution in [0, 0.1) is 0 Å². The first-order valence-electron chi connectivity index (χ1n) is 5.76. The monoisotopic (exact) mass is 324 g/mol. The van der Waals surface area contributed by atoms with Gasteiger partial charge in [-0.15, -0.1) is 0 Å². The summed E-state index contributed by atoms with van der Waals surface area (Å²) in [5, 5.41) is 3.83. The summed E-state index contributed by atoms with van der Waals surface area (Å²) < 4.78 is 0.918. The fourth-order valence-electron chi connectivity index (χ4n) is 1.71. The van der Waals surface area contributed by atoms with E-state index in [1.807, 2.05) is 12.1 Å². The predicted molar refractivity (Wildman–Crippen MR) is 80.3 cm³/mol. The van der Waals surface area contributed by atoms with E-state index < -0.39 is 0 Å². The van der Waals surface area contributed by atoms with E-state index in [0.717, 1.165) is 16.7 Å². The molecule has 2 nitrogen and oxygen atoms in total. The number of rotatable bonds is 4. The first-order valence-corrected chi connectivity index (χ1v) is 6.94. The first-order chi connectivity index (χ1) is 8.66. The molecule has 94 valence electrons. The van der Waals surface area contributed by atoms with E-state index in [2.05, 4.69) is 57.4 Å². The second-order valence-corrected chi connectivity index (χ2v) is 5.46. The Labute approximate surface area is 121 Å². The molecule has 0 amide bonds. The van der Waals surface area contributed by atoms with Crippen molar-refractivity contribution in [2.24, 2.45) is 0 Å². The summed E-state index contributed by atoms with van der Waals surface area (Å²) in [6, 6.07) is 12.3. The molecule has 0 spiro atoms. The number of pyridine rings is 1. The van der Waals surface area contributed by atoms with Crippen molar-refractivity contribution in [3.8, 4) is 0 Å². The molecule has 0 aliphatic rings. The molecular weight excluding hydrogens is 312 g/mol. The van der Waals surface area contributed by atoms with Gasteiger partial charge in [-0.05, 0) is 33.5 Å². The molecule has 0 bridgehead atoms. The number of hydrogen-bond donors (Lipinski definition) is 1. The minimum Gasteiger partial charge on any atom is -0.382 e. The van der Waals surface area contributed by atoms with Crippen molar-refractivity contribution in [1.82, 2.24) is 4.98 Å². The topological polar surface area (TPSA) is 24.9 Å². The number of anilines is 1. The van der Waals surface area contributed by atoms with Crippen molar-refractivity contribution in [1.29, 1.82) is 0 Å². The molecule has 2 aromatic rings. The maximum absolute atomic E-state index is 6.03. The van der Waals surface area contributed by atoms with Crippen molar-refractivity contribution in [2.75, 3.05) is 11.9 Å². The molecular formula is C14H14BrClN2. The summed E-state index contributed by atoms with van der Waals surface area (Å²) >= 11 is 9.42. The lowest BCUT2D eigenvalue weighted by atomic mass is 10.0. The number of aromatic nitrogens is 1. The van der Waals surface area contributed by atoms with E-state index in [9.17, 15) is 0 Å². The number of benzene rings is 1. The van der Waals surface area contributed by atoms with Crippen LogP contribution >= 0.6 is 27.5 Å². The third kappa shape index (κ3) is 3.47. The van der Waals surface area contributed by atoms with E-state index >= 15 is 0 Å². The molecule has 1 heterocycles. The second-order valence-electron chi connectivity index (χ2n) is 4.18. The van der Waals surface area contributed by atoms with Crippen molar-refractivity contribution in [3.63, 3.8) is 0 Å². The molecule has 1 atom stereocenters. The lowest BCUT2D eigenvalue weighted by Crippen LogP contribution is -2.10. The van der Waals surface area contributed by atoms with Crippen molar-refractivity contribution < 1.29 is 0 Å². The second kappa shape index (κ2) is 6.21. The van der Waals surface area contributed by atoms with Gasteiger partial charge in [0.15, 0.2) is 5.15 Å². The third-order valence-corrected chi connectivity index (χ3v) is 3.51. The lowest BCUT2D eigenvalue weighted by molar-refractivity contribution is 0.804. The van der Waals surface area contributed by atoms with Crippen molar-refractivity contribution in [3.05, 3.63) is 57.8 Å². The third-order valence-electron chi connectivity index (χ3n) is 2.77. The van der Waals surface area contributed by atoms with Crippen LogP contribution in [0.4, 0.5) is 5.69 Å². The van der Waals surface area contributed by atoms with E-state index in [0.29, 0.717) is 11.1 Å². The Bertz CT molecular complexity index is 516. The highest BCUT2D eigenvalue weighted by Crippen LogP contribution is 2.24. The van der Waals surface area contributed by atoms with Gasteiger partial charge in [-0.25, -0.2) is 4.98 Å². The molecule has 1 unspecified atom stereocenters. The maximum Gasteiger partial charge on any atom is 0.152 e. The summed E-state index contributed by atoms with van der Waals surface area (Å²) in [5.41, 5.74) is 2.16. The Morgan fingerprint density at radius 3 is 2.78 bits per heavy atom. The van der Waals surface area contributed by atoms with E-state index in [1.54, 1.807) is 6.20 Å². The van der Waals surface area contributed by atoms with Gasteiger partial charge in [-0.3, -0.25) is 0 Å². The Morgan fingerprint density at radius 2 is 2.06 bits per heavy atom. The number of halogens is 2. The Morgan fingerprint density at radius 1 is 1.33 bits per heavy atom. The van der Waals surface area contributed by atoms with E-state index in [1.165, 1.54) is 5.56 Å². The van der Waals surface area contributed by atoms with Crippen LogP contribution in [0.1, 0.15) is 18.4 Å². The van der Waals surface area contributed by atoms with Crippen LogP contribution in [-0.4, -0.2) is 11.5 Å². The number of nitrogens with one attached hydrogen (secondary N) is 1. The summed E-state index contributed by atoms with van der Waals surface area (Å²) in [4.78, 5) is 4.09. The molecule has 0 saturated carbocycles. The standard InChI is InChI=1S/C14H14BrClN2/c1-10(11-5-3-2-4-6-11)8-17-13-7-12(15)9-18-14(13)16/h2-7,9-10,17H,8H2,1H3. The zero-order valence-electron chi connectivity index (χ0n) is 10.0. The normalized spacial score (nSPS) is 12.2. The van der Waals surface area contributed by atoms with Crippen LogP contribution in [0.2, 0.25) is 5.15 Å². The first kappa shape index (κ1) is 13.4. The maximum atomic E-state index is 6.03. The van der Waals surface area contributed by atoms with Gasteiger partial charge in [0.2, 0.25) is 0 Å². The van der Waals surface area contributed by atoms with Crippen molar-refractivity contribution >= 4 is 33.2 Å². The highest BCUT2D eigenvalue weighted by molar-refractivity contribution is 9.10. The average molecular weight is 326 g/mol. The summed E-state index contributed by atoms with van der Waals surface area (Å²) in [5.74, 6) is 0.418. The zero-order chi connectivity index (χ0) is 13.0. The van der Waals surface area contributed by atoms with Gasteiger partial charge in [0, 0.05) is 17.2 Å². The van der Waals surface area contributed by atoms with Gasteiger partial charge in [0.1, 0.15) is 0 Å². The Balaban J connectivity index is 2.01. The molecule has 1 N–H and O–H groups in total. The fourth-order valence-corrected chi connectivity index (χ4v) is 2.21. The largest absolute Gasteiger partial charge is 0.382 e. The molecule has 4 heteroatoms. The zero-order valence-corrected chi connectivity index (χ0v) is 12.4. The van der Waals surface area contributed by atoms with Crippen molar-refractivity contribution in [2.45, 2.75) is 12.8 Å². The summed E-state index contributed by atoms with van der Waals surface area (Å²) in [6.07, 6.45) is 1.69. The smallest absolute Gasteiger partial charge is 0.152 e. The molecule has 0 fully saturated rings. The van der Waals surface area contributed by atoms with Crippen LogP contribution in [-0.2, 0) is 0 Å². The van der Waals surface area contributed by atoms with Gasteiger partial charge in [-0.1, -0.05) is 48.9 Å². The molecule has 0 radical (unpaired) electrons. The van der Waals surface area contributed by atoms with Gasteiger partial charge in [-0.2, -0.15) is 0 Å². The highest BCUT2D eigenvalue weighted by atomic mass is 79.9. The minimum absolute atomic E-state index is 0.418. The number of hydrogen-bond acceptors (Lipinski definition) is 2. The van der Waals surface area contributed by atoms with Crippen LogP contribution in [0.5, 0.6) is 0 Å². The molecule has 2 rings (SSSR count). The molecule has 1 aromatic heterocycles. The minimum atomic E-state index is 0.418. The Kier molecular flexibility index (Phi) is 4.61. The summed E-state index contributed by atoms with van der Waals surface area (Å²) in [6.45, 7) is 3.00. The van der Waals surface area contributed by atoms with Crippen LogP contribution in [0.15, 0.2) is 47.1 Å². The van der Waals surface area contributed by atoms with Gasteiger partial charge in [0.05, 0.1) is 5.69 Å². The van der Waals surface area contributed by atoms with Crippen LogP contribution in [0.25, 0.3) is 0 Å². The fraction of sp³-hybridized carbons (Fsp3) is 0.214. The lowest BCUT2D eigenvalue weighted by Gasteiger charge is -2.14. The van der Waals surface area contributed by atoms with E-state index in [4.69, 9.17) is 11.6 Å². The SMILES string of the molecule is CC(CNc1cc(Br)cnc1Cl)c1ccccc1. The molecule has 0 aliphatic carbocycles. The van der Waals surface area contributed by atoms with Crippen LogP contribution < -0.4 is 5.32 Å².